The van der Waals surface area contributed by atoms with Crippen LogP contribution in [0.25, 0.3) is 10.9 Å². The molecule has 1 aromatic heterocycles. The highest BCUT2D eigenvalue weighted by molar-refractivity contribution is 5.80. The first-order valence-corrected chi connectivity index (χ1v) is 8.25. The van der Waals surface area contributed by atoms with E-state index in [1.54, 1.807) is 0 Å². The van der Waals surface area contributed by atoms with Crippen molar-refractivity contribution in [3.05, 3.63) is 71.9 Å². The van der Waals surface area contributed by atoms with Crippen LogP contribution in [0, 0.1) is 0 Å². The van der Waals surface area contributed by atoms with Crippen molar-refractivity contribution in [3.63, 3.8) is 0 Å². The average molecular weight is 290 g/mol. The van der Waals surface area contributed by atoms with Crippen LogP contribution < -0.4 is 0 Å². The average Bonchev–Trinajstić information content (AvgIpc) is 3.04. The maximum Gasteiger partial charge on any atom is 0.0454 e. The third-order valence-corrected chi connectivity index (χ3v) is 4.80. The lowest BCUT2D eigenvalue weighted by Crippen LogP contribution is -2.32. The van der Waals surface area contributed by atoms with Gasteiger partial charge in [-0.25, -0.2) is 0 Å². The monoisotopic (exact) mass is 290 g/mol. The smallest absolute Gasteiger partial charge is 0.0454 e. The molecule has 1 fully saturated rings. The van der Waals surface area contributed by atoms with Crippen molar-refractivity contribution in [2.45, 2.75) is 31.8 Å². The molecule has 112 valence electrons. The summed E-state index contributed by atoms with van der Waals surface area (Å²) in [5.74, 6) is 0. The highest BCUT2D eigenvalue weighted by Crippen LogP contribution is 2.33. The molecule has 1 aliphatic heterocycles. The number of nitrogens with one attached hydrogen (secondary N) is 1. The number of likely N-dealkylation sites (tertiary alicyclic amines) is 1. The summed E-state index contributed by atoms with van der Waals surface area (Å²) >= 11 is 0. The Balaban J connectivity index is 1.62. The van der Waals surface area contributed by atoms with Crippen molar-refractivity contribution in [2.24, 2.45) is 0 Å². The second-order valence-electron chi connectivity index (χ2n) is 6.29. The number of aromatic amines is 1. The summed E-state index contributed by atoms with van der Waals surface area (Å²) in [7, 11) is 0. The molecule has 2 heteroatoms. The molecule has 0 bridgehead atoms. The predicted molar refractivity (Wildman–Crippen MR) is 91.7 cm³/mol. The number of rotatable bonds is 3. The number of nitrogens with zero attached hydrogens (tertiary/aromatic N) is 1. The largest absolute Gasteiger partial charge is 0.361 e. The van der Waals surface area contributed by atoms with Gasteiger partial charge in [0.15, 0.2) is 0 Å². The second-order valence-corrected chi connectivity index (χ2v) is 6.29. The van der Waals surface area contributed by atoms with Crippen molar-refractivity contribution in [1.82, 2.24) is 9.88 Å². The Hall–Kier alpha value is -2.06. The molecular weight excluding hydrogens is 268 g/mol. The van der Waals surface area contributed by atoms with Crippen LogP contribution in [-0.2, 0) is 6.54 Å². The highest BCUT2D eigenvalue weighted by atomic mass is 15.2. The third-order valence-electron chi connectivity index (χ3n) is 4.80. The van der Waals surface area contributed by atoms with Gasteiger partial charge in [-0.3, -0.25) is 4.90 Å². The fraction of sp³-hybridized carbons (Fsp3) is 0.300. The number of H-pyrrole nitrogens is 1. The van der Waals surface area contributed by atoms with Crippen LogP contribution in [-0.4, -0.2) is 16.4 Å². The molecule has 2 aromatic carbocycles. The van der Waals surface area contributed by atoms with Gasteiger partial charge in [0.2, 0.25) is 0 Å². The summed E-state index contributed by atoms with van der Waals surface area (Å²) in [4.78, 5) is 5.93. The van der Waals surface area contributed by atoms with Crippen LogP contribution in [0.4, 0.5) is 0 Å². The minimum atomic E-state index is 0.549. The van der Waals surface area contributed by atoms with E-state index >= 15 is 0 Å². The summed E-state index contributed by atoms with van der Waals surface area (Å²) < 4.78 is 0. The lowest BCUT2D eigenvalue weighted by molar-refractivity contribution is 0.140. The molecule has 1 atom stereocenters. The van der Waals surface area contributed by atoms with Crippen molar-refractivity contribution in [1.29, 1.82) is 0 Å². The van der Waals surface area contributed by atoms with Gasteiger partial charge in [-0.05, 0) is 54.1 Å². The standard InChI is InChI=1S/C20H22N2/c1-2-6-16(7-3-1)15-22-13-5-4-8-20(22)18-9-10-19-17(14-18)11-12-21-19/h1-3,6-7,9-12,14,20-21H,4-5,8,13,15H2/t20-/m1/s1. The molecule has 0 aliphatic carbocycles. The van der Waals surface area contributed by atoms with E-state index in [0.717, 1.165) is 6.54 Å². The topological polar surface area (TPSA) is 19.0 Å². The lowest BCUT2D eigenvalue weighted by atomic mass is 9.94. The number of hydrogen-bond donors (Lipinski definition) is 1. The summed E-state index contributed by atoms with van der Waals surface area (Å²) in [5.41, 5.74) is 4.11. The molecular formula is C20H22N2. The third kappa shape index (κ3) is 2.67. The predicted octanol–water partition coefficient (Wildman–Crippen LogP) is 4.90. The van der Waals surface area contributed by atoms with Crippen molar-refractivity contribution >= 4 is 10.9 Å². The Morgan fingerprint density at radius 3 is 2.82 bits per heavy atom. The Labute approximate surface area is 131 Å². The van der Waals surface area contributed by atoms with Crippen molar-refractivity contribution in [3.8, 4) is 0 Å². The van der Waals surface area contributed by atoms with Gasteiger partial charge >= 0.3 is 0 Å². The number of benzene rings is 2. The summed E-state index contributed by atoms with van der Waals surface area (Å²) in [6.45, 7) is 2.25. The van der Waals surface area contributed by atoms with E-state index in [2.05, 4.69) is 64.5 Å². The fourth-order valence-corrected chi connectivity index (χ4v) is 3.65. The van der Waals surface area contributed by atoms with E-state index in [1.807, 2.05) is 6.20 Å². The Kier molecular flexibility index (Phi) is 3.69. The molecule has 0 unspecified atom stereocenters. The maximum absolute atomic E-state index is 3.29. The number of aromatic nitrogens is 1. The van der Waals surface area contributed by atoms with E-state index in [-0.39, 0.29) is 0 Å². The number of hydrogen-bond acceptors (Lipinski definition) is 1. The fourth-order valence-electron chi connectivity index (χ4n) is 3.65. The van der Waals surface area contributed by atoms with Crippen LogP contribution in [0.2, 0.25) is 0 Å². The van der Waals surface area contributed by atoms with Gasteiger partial charge in [-0.1, -0.05) is 42.8 Å². The van der Waals surface area contributed by atoms with Gasteiger partial charge in [0.05, 0.1) is 0 Å². The molecule has 2 nitrogen and oxygen atoms in total. The van der Waals surface area contributed by atoms with E-state index in [4.69, 9.17) is 0 Å². The molecule has 0 amide bonds. The maximum atomic E-state index is 3.29. The molecule has 0 spiro atoms. The molecule has 0 saturated carbocycles. The molecule has 22 heavy (non-hydrogen) atoms. The summed E-state index contributed by atoms with van der Waals surface area (Å²) in [6.07, 6.45) is 5.94. The van der Waals surface area contributed by atoms with Crippen molar-refractivity contribution < 1.29 is 0 Å². The minimum absolute atomic E-state index is 0.549. The summed E-state index contributed by atoms with van der Waals surface area (Å²) in [6, 6.07) is 20.4. The second kappa shape index (κ2) is 5.98. The van der Waals surface area contributed by atoms with Crippen LogP contribution in [0.5, 0.6) is 0 Å². The molecule has 1 saturated heterocycles. The first kappa shape index (κ1) is 13.6. The minimum Gasteiger partial charge on any atom is -0.361 e. The molecule has 0 radical (unpaired) electrons. The van der Waals surface area contributed by atoms with Crippen molar-refractivity contribution in [2.75, 3.05) is 6.54 Å². The zero-order chi connectivity index (χ0) is 14.8. The molecule has 2 heterocycles. The zero-order valence-electron chi connectivity index (χ0n) is 12.8. The molecule has 1 aliphatic rings. The van der Waals surface area contributed by atoms with E-state index in [9.17, 15) is 0 Å². The molecule has 4 rings (SSSR count). The number of fused-ring (bicyclic) bond motifs is 1. The van der Waals surface area contributed by atoms with Gasteiger partial charge in [0.1, 0.15) is 0 Å². The van der Waals surface area contributed by atoms with Gasteiger partial charge < -0.3 is 4.98 Å². The van der Waals surface area contributed by atoms with Crippen LogP contribution in [0.1, 0.15) is 36.4 Å². The normalized spacial score (nSPS) is 19.5. The van der Waals surface area contributed by atoms with E-state index in [1.165, 1.54) is 47.8 Å². The first-order chi connectivity index (χ1) is 10.9. The summed E-state index contributed by atoms with van der Waals surface area (Å²) in [5, 5.41) is 1.32. The highest BCUT2D eigenvalue weighted by Gasteiger charge is 2.24. The Morgan fingerprint density at radius 1 is 1.00 bits per heavy atom. The van der Waals surface area contributed by atoms with Gasteiger partial charge in [-0.15, -0.1) is 0 Å². The van der Waals surface area contributed by atoms with Crippen LogP contribution >= 0.6 is 0 Å². The van der Waals surface area contributed by atoms with Crippen LogP contribution in [0.3, 0.4) is 0 Å². The zero-order valence-corrected chi connectivity index (χ0v) is 12.8. The Morgan fingerprint density at radius 2 is 1.91 bits per heavy atom. The molecule has 3 aromatic rings. The first-order valence-electron chi connectivity index (χ1n) is 8.25. The Bertz CT molecular complexity index is 745. The van der Waals surface area contributed by atoms with Gasteiger partial charge in [-0.2, -0.15) is 0 Å². The van der Waals surface area contributed by atoms with E-state index < -0.39 is 0 Å². The number of piperidine rings is 1. The lowest BCUT2D eigenvalue weighted by Gasteiger charge is -2.36. The van der Waals surface area contributed by atoms with Gasteiger partial charge in [0.25, 0.3) is 0 Å². The van der Waals surface area contributed by atoms with Gasteiger partial charge in [0, 0.05) is 24.3 Å². The van der Waals surface area contributed by atoms with Crippen LogP contribution in [0.15, 0.2) is 60.8 Å². The molecule has 1 N–H and O–H groups in total. The SMILES string of the molecule is c1ccc(CN2CCCC[C@@H]2c2ccc3[nH]ccc3c2)cc1. The van der Waals surface area contributed by atoms with E-state index in [0.29, 0.717) is 6.04 Å². The quantitative estimate of drug-likeness (QED) is 0.727.